The van der Waals surface area contributed by atoms with Gasteiger partial charge in [0.05, 0.1) is 5.52 Å². The number of fused-ring (bicyclic) bond motifs is 1. The number of phenols is 1. The molecule has 0 saturated heterocycles. The van der Waals surface area contributed by atoms with E-state index in [1.54, 1.807) is 36.4 Å². The maximum atomic E-state index is 11.9. The molecule has 0 unspecified atom stereocenters. The summed E-state index contributed by atoms with van der Waals surface area (Å²) in [4.78, 5) is 23.7. The van der Waals surface area contributed by atoms with Crippen LogP contribution in [0, 0.1) is 0 Å². The smallest absolute Gasteiger partial charge is 0.419 e. The fourth-order valence-electron chi connectivity index (χ4n) is 2.25. The molecule has 22 heavy (non-hydrogen) atoms. The number of phenolic OH excluding ortho intramolecular Hbond substituents is 1. The lowest BCUT2D eigenvalue weighted by atomic mass is 10.3. The zero-order valence-electron chi connectivity index (χ0n) is 11.7. The van der Waals surface area contributed by atoms with E-state index < -0.39 is 5.76 Å². The van der Waals surface area contributed by atoms with Crippen LogP contribution in [0.15, 0.2) is 57.7 Å². The number of benzene rings is 2. The van der Waals surface area contributed by atoms with Gasteiger partial charge in [-0.3, -0.25) is 9.36 Å². The number of para-hydroxylation sites is 2. The highest BCUT2D eigenvalue weighted by atomic mass is 16.4. The first-order chi connectivity index (χ1) is 10.6. The summed E-state index contributed by atoms with van der Waals surface area (Å²) in [6, 6.07) is 13.4. The van der Waals surface area contributed by atoms with E-state index in [1.165, 1.54) is 16.7 Å². The second-order valence-electron chi connectivity index (χ2n) is 4.84. The molecule has 0 aliphatic rings. The third-order valence-electron chi connectivity index (χ3n) is 3.27. The van der Waals surface area contributed by atoms with Crippen LogP contribution in [-0.4, -0.2) is 15.6 Å². The minimum Gasteiger partial charge on any atom is -0.508 e. The predicted molar refractivity (Wildman–Crippen MR) is 81.8 cm³/mol. The number of nitrogens with zero attached hydrogens (tertiary/aromatic N) is 1. The van der Waals surface area contributed by atoms with Gasteiger partial charge < -0.3 is 14.8 Å². The van der Waals surface area contributed by atoms with Gasteiger partial charge in [-0.15, -0.1) is 0 Å². The first-order valence-corrected chi connectivity index (χ1v) is 6.81. The van der Waals surface area contributed by atoms with Crippen molar-refractivity contribution < 1.29 is 14.3 Å². The molecule has 3 aromatic rings. The first kappa shape index (κ1) is 13.9. The Balaban J connectivity index is 1.70. The Bertz CT molecular complexity index is 879. The van der Waals surface area contributed by atoms with Gasteiger partial charge in [0.15, 0.2) is 5.58 Å². The SMILES string of the molecule is O=C(CCn1c(=O)oc2ccccc21)Nc1cccc(O)c1. The number of nitrogens with one attached hydrogen (secondary N) is 1. The van der Waals surface area contributed by atoms with E-state index >= 15 is 0 Å². The monoisotopic (exact) mass is 298 g/mol. The molecule has 6 heteroatoms. The van der Waals surface area contributed by atoms with Gasteiger partial charge in [-0.2, -0.15) is 0 Å². The second-order valence-corrected chi connectivity index (χ2v) is 4.84. The number of rotatable bonds is 4. The van der Waals surface area contributed by atoms with Crippen LogP contribution < -0.4 is 11.1 Å². The standard InChI is InChI=1S/C16H14N2O4/c19-12-5-3-4-11(10-12)17-15(20)8-9-18-13-6-1-2-7-14(13)22-16(18)21/h1-7,10,19H,8-9H2,(H,17,20). The lowest BCUT2D eigenvalue weighted by Gasteiger charge is -2.06. The van der Waals surface area contributed by atoms with Crippen LogP contribution in [0.2, 0.25) is 0 Å². The number of carbonyl (C=O) groups is 1. The van der Waals surface area contributed by atoms with Gasteiger partial charge in [-0.1, -0.05) is 18.2 Å². The van der Waals surface area contributed by atoms with E-state index in [1.807, 2.05) is 0 Å². The van der Waals surface area contributed by atoms with Crippen LogP contribution in [0.1, 0.15) is 6.42 Å². The number of aryl methyl sites for hydroxylation is 1. The molecule has 0 fully saturated rings. The average molecular weight is 298 g/mol. The van der Waals surface area contributed by atoms with Crippen LogP contribution in [0.3, 0.4) is 0 Å². The van der Waals surface area contributed by atoms with E-state index in [0.29, 0.717) is 16.8 Å². The first-order valence-electron chi connectivity index (χ1n) is 6.81. The van der Waals surface area contributed by atoms with Gasteiger partial charge in [0.25, 0.3) is 0 Å². The third kappa shape index (κ3) is 2.85. The van der Waals surface area contributed by atoms with E-state index in [9.17, 15) is 14.7 Å². The zero-order valence-corrected chi connectivity index (χ0v) is 11.7. The Kier molecular flexibility index (Phi) is 3.65. The van der Waals surface area contributed by atoms with Crippen molar-refractivity contribution >= 4 is 22.7 Å². The molecule has 0 aliphatic heterocycles. The third-order valence-corrected chi connectivity index (χ3v) is 3.27. The Hall–Kier alpha value is -3.02. The number of aromatic hydroxyl groups is 1. The molecule has 112 valence electrons. The van der Waals surface area contributed by atoms with Crippen molar-refractivity contribution in [3.05, 3.63) is 59.1 Å². The molecule has 2 N–H and O–H groups in total. The summed E-state index contributed by atoms with van der Waals surface area (Å²) in [7, 11) is 0. The normalized spacial score (nSPS) is 10.7. The van der Waals surface area contributed by atoms with Gasteiger partial charge in [-0.05, 0) is 24.3 Å². The van der Waals surface area contributed by atoms with E-state index in [2.05, 4.69) is 5.32 Å². The average Bonchev–Trinajstić information content (AvgIpc) is 2.80. The molecule has 3 rings (SSSR count). The molecule has 0 bridgehead atoms. The molecule has 1 amide bonds. The molecular weight excluding hydrogens is 284 g/mol. The van der Waals surface area contributed by atoms with Crippen LogP contribution in [-0.2, 0) is 11.3 Å². The molecule has 0 aliphatic carbocycles. The van der Waals surface area contributed by atoms with Gasteiger partial charge in [0.1, 0.15) is 5.75 Å². The molecule has 0 saturated carbocycles. The van der Waals surface area contributed by atoms with Crippen molar-refractivity contribution in [1.82, 2.24) is 4.57 Å². The highest BCUT2D eigenvalue weighted by Gasteiger charge is 2.10. The van der Waals surface area contributed by atoms with Crippen LogP contribution in [0.25, 0.3) is 11.1 Å². The summed E-state index contributed by atoms with van der Waals surface area (Å²) in [6.07, 6.45) is 0.124. The second kappa shape index (κ2) is 5.77. The maximum absolute atomic E-state index is 11.9. The highest BCUT2D eigenvalue weighted by molar-refractivity contribution is 5.90. The van der Waals surface area contributed by atoms with Crippen molar-refractivity contribution in [3.8, 4) is 5.75 Å². The predicted octanol–water partition coefficient (Wildman–Crippen LogP) is 2.33. The number of carbonyl (C=O) groups excluding carboxylic acids is 1. The minimum atomic E-state index is -0.480. The Morgan fingerprint density at radius 1 is 1.18 bits per heavy atom. The zero-order chi connectivity index (χ0) is 15.5. The Labute approximate surface area is 125 Å². The summed E-state index contributed by atoms with van der Waals surface area (Å²) in [6.45, 7) is 0.223. The number of amides is 1. The Morgan fingerprint density at radius 3 is 2.82 bits per heavy atom. The van der Waals surface area contributed by atoms with Crippen molar-refractivity contribution in [2.24, 2.45) is 0 Å². The van der Waals surface area contributed by atoms with Gasteiger partial charge in [-0.25, -0.2) is 4.79 Å². The fourth-order valence-corrected chi connectivity index (χ4v) is 2.25. The number of hydrogen-bond donors (Lipinski definition) is 2. The Morgan fingerprint density at radius 2 is 2.00 bits per heavy atom. The largest absolute Gasteiger partial charge is 0.508 e. The van der Waals surface area contributed by atoms with Crippen LogP contribution >= 0.6 is 0 Å². The number of aromatic nitrogens is 1. The van der Waals surface area contributed by atoms with Gasteiger partial charge in [0, 0.05) is 24.7 Å². The molecule has 0 atom stereocenters. The molecular formula is C16H14N2O4. The summed E-state index contributed by atoms with van der Waals surface area (Å²) < 4.78 is 6.54. The molecule has 1 aromatic heterocycles. The molecule has 0 radical (unpaired) electrons. The molecule has 6 nitrogen and oxygen atoms in total. The summed E-state index contributed by atoms with van der Waals surface area (Å²) in [5.74, 6) is -0.649. The topological polar surface area (TPSA) is 84.5 Å². The summed E-state index contributed by atoms with van der Waals surface area (Å²) in [5, 5.41) is 12.0. The summed E-state index contributed by atoms with van der Waals surface area (Å²) >= 11 is 0. The van der Waals surface area contributed by atoms with Gasteiger partial charge >= 0.3 is 5.76 Å². The fraction of sp³-hybridized carbons (Fsp3) is 0.125. The van der Waals surface area contributed by atoms with Crippen LogP contribution in [0.4, 0.5) is 5.69 Å². The molecule has 1 heterocycles. The maximum Gasteiger partial charge on any atom is 0.419 e. The molecule has 2 aromatic carbocycles. The van der Waals surface area contributed by atoms with Crippen molar-refractivity contribution in [3.63, 3.8) is 0 Å². The quantitative estimate of drug-likeness (QED) is 0.774. The number of hydrogen-bond acceptors (Lipinski definition) is 4. The van der Waals surface area contributed by atoms with Gasteiger partial charge in [0.2, 0.25) is 5.91 Å². The minimum absolute atomic E-state index is 0.0786. The highest BCUT2D eigenvalue weighted by Crippen LogP contribution is 2.16. The lowest BCUT2D eigenvalue weighted by Crippen LogP contribution is -2.19. The van der Waals surface area contributed by atoms with Crippen molar-refractivity contribution in [2.45, 2.75) is 13.0 Å². The lowest BCUT2D eigenvalue weighted by molar-refractivity contribution is -0.116. The van der Waals surface area contributed by atoms with Crippen molar-refractivity contribution in [2.75, 3.05) is 5.32 Å². The van der Waals surface area contributed by atoms with E-state index in [0.717, 1.165) is 0 Å². The van der Waals surface area contributed by atoms with E-state index in [4.69, 9.17) is 4.42 Å². The van der Waals surface area contributed by atoms with E-state index in [-0.39, 0.29) is 24.6 Å². The molecule has 0 spiro atoms. The summed E-state index contributed by atoms with van der Waals surface area (Å²) in [5.41, 5.74) is 1.67. The number of oxazole rings is 1. The number of anilines is 1. The van der Waals surface area contributed by atoms with Crippen LogP contribution in [0.5, 0.6) is 5.75 Å². The van der Waals surface area contributed by atoms with Crippen molar-refractivity contribution in [1.29, 1.82) is 0 Å².